The van der Waals surface area contributed by atoms with Crippen LogP contribution in [0.25, 0.3) is 110 Å². The Bertz CT molecular complexity index is 4960. The molecule has 0 fully saturated rings. The van der Waals surface area contributed by atoms with Crippen molar-refractivity contribution in [3.8, 4) is 56.3 Å². The normalized spacial score (nSPS) is 12.8. The molecule has 83 heavy (non-hydrogen) atoms. The molecule has 0 saturated carbocycles. The Hall–Kier alpha value is -10.4. The van der Waals surface area contributed by atoms with Gasteiger partial charge < -0.3 is 18.8 Å². The van der Waals surface area contributed by atoms with Gasteiger partial charge in [0.05, 0.1) is 27.8 Å². The summed E-state index contributed by atoms with van der Waals surface area (Å²) in [5, 5.41) is 9.69. The number of anilines is 3. The molecule has 390 valence electrons. The van der Waals surface area contributed by atoms with E-state index in [9.17, 15) is 0 Å². The van der Waals surface area contributed by atoms with E-state index in [1.165, 1.54) is 70.7 Å². The Labute approximate surface area is 482 Å². The SMILES string of the molecule is CC(C)(C)c1cc(-c2ccccc2)c(N2c3cc(-n4c5ccccc5c5ccccc54)ccc3B3c4ccc(-n5c6ccccc6c6ccccc65)cc4Oc4cc(-c5c6ccccc6cc6ccccc56)cc2c43)c(-c2ccccc2)c1. The van der Waals surface area contributed by atoms with Crippen molar-refractivity contribution in [1.82, 2.24) is 9.13 Å². The minimum absolute atomic E-state index is 0.162. The van der Waals surface area contributed by atoms with Crippen molar-refractivity contribution in [1.29, 1.82) is 0 Å². The van der Waals surface area contributed by atoms with Crippen LogP contribution in [0.15, 0.2) is 273 Å². The van der Waals surface area contributed by atoms with Crippen molar-refractivity contribution in [2.24, 2.45) is 0 Å². The number of ether oxygens (including phenoxy) is 1. The highest BCUT2D eigenvalue weighted by molar-refractivity contribution is 6.99. The van der Waals surface area contributed by atoms with Crippen LogP contribution < -0.4 is 26.0 Å². The maximum Gasteiger partial charge on any atom is 0.256 e. The molecule has 0 saturated heterocycles. The monoisotopic (exact) mass is 1060 g/mol. The highest BCUT2D eigenvalue weighted by Crippen LogP contribution is 2.53. The summed E-state index contributed by atoms with van der Waals surface area (Å²) in [7, 11) is 0. The van der Waals surface area contributed by atoms with Crippen LogP contribution in [-0.2, 0) is 5.41 Å². The topological polar surface area (TPSA) is 22.3 Å². The molecule has 0 aliphatic carbocycles. The molecule has 15 aromatic rings. The predicted molar refractivity (Wildman–Crippen MR) is 351 cm³/mol. The molecule has 0 radical (unpaired) electrons. The second kappa shape index (κ2) is 18.1. The van der Waals surface area contributed by atoms with E-state index in [0.29, 0.717) is 0 Å². The van der Waals surface area contributed by atoms with Crippen molar-refractivity contribution in [2.75, 3.05) is 4.90 Å². The van der Waals surface area contributed by atoms with E-state index in [2.05, 4.69) is 308 Å². The highest BCUT2D eigenvalue weighted by Gasteiger charge is 2.44. The third-order valence-electron chi connectivity index (χ3n) is 17.8. The van der Waals surface area contributed by atoms with E-state index in [4.69, 9.17) is 4.74 Å². The first-order chi connectivity index (χ1) is 40.8. The maximum atomic E-state index is 7.70. The van der Waals surface area contributed by atoms with E-state index in [1.807, 2.05) is 0 Å². The smallest absolute Gasteiger partial charge is 0.256 e. The molecule has 0 atom stereocenters. The van der Waals surface area contributed by atoms with Gasteiger partial charge in [-0.15, -0.1) is 0 Å². The van der Waals surface area contributed by atoms with Crippen LogP contribution in [0.2, 0.25) is 0 Å². The van der Waals surface area contributed by atoms with Crippen LogP contribution in [0.4, 0.5) is 17.1 Å². The summed E-state index contributed by atoms with van der Waals surface area (Å²) in [5.41, 5.74) is 21.6. The largest absolute Gasteiger partial charge is 0.458 e. The summed E-state index contributed by atoms with van der Waals surface area (Å²) >= 11 is 0. The van der Waals surface area contributed by atoms with Crippen molar-refractivity contribution >= 4 is 105 Å². The van der Waals surface area contributed by atoms with Gasteiger partial charge in [-0.25, -0.2) is 0 Å². The van der Waals surface area contributed by atoms with Crippen LogP contribution >= 0.6 is 0 Å². The minimum atomic E-state index is -0.193. The Kier molecular flexibility index (Phi) is 10.3. The summed E-state index contributed by atoms with van der Waals surface area (Å²) in [4.78, 5) is 2.64. The molecular weight excluding hydrogens is 1010 g/mol. The lowest BCUT2D eigenvalue weighted by molar-refractivity contribution is 0.487. The minimum Gasteiger partial charge on any atom is -0.458 e. The summed E-state index contributed by atoms with van der Waals surface area (Å²) in [6, 6.07) is 101. The molecular formula is C78H54BN3O. The van der Waals surface area contributed by atoms with Gasteiger partial charge in [-0.05, 0) is 144 Å². The lowest BCUT2D eigenvalue weighted by Gasteiger charge is -2.42. The first-order valence-electron chi connectivity index (χ1n) is 28.9. The molecule has 4 nitrogen and oxygen atoms in total. The van der Waals surface area contributed by atoms with Gasteiger partial charge in [-0.2, -0.15) is 0 Å². The summed E-state index contributed by atoms with van der Waals surface area (Å²) in [6.07, 6.45) is 0. The number of para-hydroxylation sites is 4. The second-order valence-corrected chi connectivity index (χ2v) is 23.6. The van der Waals surface area contributed by atoms with Gasteiger partial charge in [-0.1, -0.05) is 215 Å². The van der Waals surface area contributed by atoms with Crippen molar-refractivity contribution in [3.63, 3.8) is 0 Å². The van der Waals surface area contributed by atoms with Crippen LogP contribution in [0, 0.1) is 0 Å². The van der Waals surface area contributed by atoms with Gasteiger partial charge in [-0.3, -0.25) is 0 Å². The van der Waals surface area contributed by atoms with E-state index in [0.717, 1.165) is 89.7 Å². The number of benzene rings is 13. The lowest BCUT2D eigenvalue weighted by atomic mass is 9.34. The number of rotatable bonds is 6. The Morgan fingerprint density at radius 2 is 0.795 bits per heavy atom. The zero-order valence-electron chi connectivity index (χ0n) is 46.3. The summed E-state index contributed by atoms with van der Waals surface area (Å²) in [5.74, 6) is 1.70. The number of fused-ring (bicyclic) bond motifs is 12. The van der Waals surface area contributed by atoms with Gasteiger partial charge in [0, 0.05) is 61.5 Å². The fourth-order valence-electron chi connectivity index (χ4n) is 14.1. The van der Waals surface area contributed by atoms with Crippen LogP contribution in [-0.4, -0.2) is 15.8 Å². The first kappa shape index (κ1) is 47.5. The molecule has 2 aliphatic heterocycles. The van der Waals surface area contributed by atoms with Gasteiger partial charge >= 0.3 is 0 Å². The molecule has 2 aromatic heterocycles. The number of hydrogen-bond acceptors (Lipinski definition) is 2. The number of hydrogen-bond donors (Lipinski definition) is 0. The van der Waals surface area contributed by atoms with Gasteiger partial charge in [0.15, 0.2) is 0 Å². The van der Waals surface area contributed by atoms with Crippen LogP contribution in [0.5, 0.6) is 11.5 Å². The van der Waals surface area contributed by atoms with Gasteiger partial charge in [0.1, 0.15) is 11.5 Å². The molecule has 0 amide bonds. The average Bonchev–Trinajstić information content (AvgIpc) is 1.71. The van der Waals surface area contributed by atoms with E-state index in [1.54, 1.807) is 0 Å². The molecule has 0 bridgehead atoms. The fourth-order valence-corrected chi connectivity index (χ4v) is 14.1. The zero-order chi connectivity index (χ0) is 55.1. The Balaban J connectivity index is 1.03. The zero-order valence-corrected chi connectivity index (χ0v) is 46.3. The van der Waals surface area contributed by atoms with Gasteiger partial charge in [0.25, 0.3) is 6.71 Å². The quantitative estimate of drug-likeness (QED) is 0.122. The molecule has 17 rings (SSSR count). The van der Waals surface area contributed by atoms with Crippen LogP contribution in [0.1, 0.15) is 26.3 Å². The van der Waals surface area contributed by atoms with Gasteiger partial charge in [0.2, 0.25) is 0 Å². The molecule has 4 heterocycles. The molecule has 13 aromatic carbocycles. The Morgan fingerprint density at radius 1 is 0.349 bits per heavy atom. The Morgan fingerprint density at radius 3 is 1.30 bits per heavy atom. The average molecular weight is 1060 g/mol. The molecule has 0 unspecified atom stereocenters. The maximum absolute atomic E-state index is 7.70. The first-order valence-corrected chi connectivity index (χ1v) is 28.9. The van der Waals surface area contributed by atoms with E-state index in [-0.39, 0.29) is 12.1 Å². The summed E-state index contributed by atoms with van der Waals surface area (Å²) in [6.45, 7) is 6.81. The molecule has 5 heteroatoms. The lowest BCUT2D eigenvalue weighted by Crippen LogP contribution is -2.59. The third kappa shape index (κ3) is 7.20. The molecule has 2 aliphatic rings. The van der Waals surface area contributed by atoms with Crippen molar-refractivity contribution in [3.05, 3.63) is 279 Å². The van der Waals surface area contributed by atoms with Crippen molar-refractivity contribution < 1.29 is 4.74 Å². The number of aromatic nitrogens is 2. The third-order valence-corrected chi connectivity index (χ3v) is 17.8. The number of nitrogens with zero attached hydrogens (tertiary/aromatic N) is 3. The predicted octanol–water partition coefficient (Wildman–Crippen LogP) is 18.9. The second-order valence-electron chi connectivity index (χ2n) is 23.6. The molecule has 0 N–H and O–H groups in total. The van der Waals surface area contributed by atoms with Crippen molar-refractivity contribution in [2.45, 2.75) is 26.2 Å². The summed E-state index contributed by atoms with van der Waals surface area (Å²) < 4.78 is 12.6. The highest BCUT2D eigenvalue weighted by atomic mass is 16.5. The van der Waals surface area contributed by atoms with E-state index < -0.39 is 0 Å². The molecule has 0 spiro atoms. The van der Waals surface area contributed by atoms with E-state index >= 15 is 0 Å². The van der Waals surface area contributed by atoms with Crippen LogP contribution in [0.3, 0.4) is 0 Å². The standard InChI is InChI=1S/C78H54BN3O/c1-78(2,3)54-45-63(49-22-6-4-7-23-49)77(64(46-54)50-24-8-5-9-25-50)82-71-47-55(80-67-34-18-14-30-59(67)60-31-15-19-35-68(60)80)38-40-65(71)79-66-41-39-56(81-69-36-20-16-32-61(69)62-33-17-21-37-70(62)81)48-73(66)83-74-44-53(43-72(82)76(74)79)75-57-28-12-10-26-51(57)42-52-27-11-13-29-58(52)75/h4-48H,1-3H3. The fraction of sp³-hybridized carbons (Fsp3) is 0.0513.